The van der Waals surface area contributed by atoms with Gasteiger partial charge < -0.3 is 25.2 Å². The number of nitrogens with zero attached hydrogens (tertiary/aromatic N) is 3. The molecule has 1 atom stereocenters. The van der Waals surface area contributed by atoms with E-state index in [9.17, 15) is 8.78 Å². The zero-order chi connectivity index (χ0) is 21.8. The Bertz CT molecular complexity index is 646. The SMILES string of the molecule is CCNC(=NCCCCN(CC)CC)NC1CCN(c2ccccc2OC(F)F)C1.I. The lowest BCUT2D eigenvalue weighted by Gasteiger charge is -2.22. The average molecular weight is 553 g/mol. The van der Waals surface area contributed by atoms with Crippen LogP contribution in [-0.2, 0) is 0 Å². The summed E-state index contributed by atoms with van der Waals surface area (Å²) in [4.78, 5) is 9.23. The van der Waals surface area contributed by atoms with E-state index < -0.39 is 6.61 Å². The van der Waals surface area contributed by atoms with Gasteiger partial charge in [-0.25, -0.2) is 0 Å². The summed E-state index contributed by atoms with van der Waals surface area (Å²) in [6.45, 7) is 10.00. The molecule has 0 spiro atoms. The summed E-state index contributed by atoms with van der Waals surface area (Å²) in [5.74, 6) is 1.05. The van der Waals surface area contributed by atoms with Crippen molar-refractivity contribution < 1.29 is 13.5 Å². The average Bonchev–Trinajstić information content (AvgIpc) is 3.19. The van der Waals surface area contributed by atoms with E-state index in [0.29, 0.717) is 5.69 Å². The van der Waals surface area contributed by atoms with Gasteiger partial charge in [0.2, 0.25) is 0 Å². The summed E-state index contributed by atoms with van der Waals surface area (Å²) >= 11 is 0. The molecule has 1 fully saturated rings. The summed E-state index contributed by atoms with van der Waals surface area (Å²) in [5.41, 5.74) is 0.709. The Hall–Kier alpha value is -1.36. The molecule has 6 nitrogen and oxygen atoms in total. The van der Waals surface area contributed by atoms with Crippen LogP contribution in [0.25, 0.3) is 0 Å². The van der Waals surface area contributed by atoms with E-state index in [1.165, 1.54) is 0 Å². The highest BCUT2D eigenvalue weighted by molar-refractivity contribution is 14.0. The molecule has 0 saturated carbocycles. The van der Waals surface area contributed by atoms with Crippen LogP contribution in [0.5, 0.6) is 5.75 Å². The summed E-state index contributed by atoms with van der Waals surface area (Å²) in [6.07, 6.45) is 3.11. The van der Waals surface area contributed by atoms with Gasteiger partial charge in [0.15, 0.2) is 5.96 Å². The van der Waals surface area contributed by atoms with E-state index in [4.69, 9.17) is 4.99 Å². The number of para-hydroxylation sites is 2. The highest BCUT2D eigenvalue weighted by atomic mass is 127. The van der Waals surface area contributed by atoms with Gasteiger partial charge in [-0.1, -0.05) is 26.0 Å². The van der Waals surface area contributed by atoms with Crippen LogP contribution in [-0.4, -0.2) is 69.3 Å². The topological polar surface area (TPSA) is 52.1 Å². The minimum atomic E-state index is -2.82. The Morgan fingerprint density at radius 1 is 1.23 bits per heavy atom. The summed E-state index contributed by atoms with van der Waals surface area (Å²) < 4.78 is 30.1. The normalized spacial score (nSPS) is 16.5. The third-order valence-corrected chi connectivity index (χ3v) is 5.34. The van der Waals surface area contributed by atoms with Crippen LogP contribution in [0.3, 0.4) is 0 Å². The first kappa shape index (κ1) is 27.7. The molecule has 1 heterocycles. The molecule has 0 amide bonds. The molecule has 1 aliphatic heterocycles. The Morgan fingerprint density at radius 3 is 2.65 bits per heavy atom. The molecule has 1 aliphatic rings. The van der Waals surface area contributed by atoms with Gasteiger partial charge in [-0.2, -0.15) is 8.78 Å². The third-order valence-electron chi connectivity index (χ3n) is 5.34. The van der Waals surface area contributed by atoms with Gasteiger partial charge in [0.05, 0.1) is 5.69 Å². The van der Waals surface area contributed by atoms with Crippen LogP contribution >= 0.6 is 24.0 Å². The van der Waals surface area contributed by atoms with Crippen molar-refractivity contribution in [1.29, 1.82) is 0 Å². The second kappa shape index (κ2) is 15.4. The Kier molecular flexibility index (Phi) is 13.8. The number of anilines is 1. The molecule has 1 aromatic rings. The van der Waals surface area contributed by atoms with Crippen molar-refractivity contribution in [2.45, 2.75) is 52.7 Å². The molecule has 31 heavy (non-hydrogen) atoms. The molecule has 9 heteroatoms. The van der Waals surface area contributed by atoms with Crippen molar-refractivity contribution in [1.82, 2.24) is 15.5 Å². The van der Waals surface area contributed by atoms with Gasteiger partial charge in [0.25, 0.3) is 0 Å². The van der Waals surface area contributed by atoms with Crippen LogP contribution in [0, 0.1) is 0 Å². The Labute approximate surface area is 202 Å². The maximum absolute atomic E-state index is 12.7. The van der Waals surface area contributed by atoms with Gasteiger partial charge in [-0.05, 0) is 58.0 Å². The van der Waals surface area contributed by atoms with E-state index in [0.717, 1.165) is 71.0 Å². The van der Waals surface area contributed by atoms with E-state index in [2.05, 4.69) is 45.9 Å². The van der Waals surface area contributed by atoms with E-state index >= 15 is 0 Å². The van der Waals surface area contributed by atoms with Crippen molar-refractivity contribution in [3.8, 4) is 5.75 Å². The predicted molar refractivity (Wildman–Crippen MR) is 135 cm³/mol. The molecule has 1 unspecified atom stereocenters. The highest BCUT2D eigenvalue weighted by Crippen LogP contribution is 2.31. The maximum Gasteiger partial charge on any atom is 0.387 e. The molecule has 0 aliphatic carbocycles. The zero-order valence-corrected chi connectivity index (χ0v) is 21.3. The molecular weight excluding hydrogens is 515 g/mol. The smallest absolute Gasteiger partial charge is 0.387 e. The first-order valence-corrected chi connectivity index (χ1v) is 11.1. The number of benzene rings is 1. The summed E-state index contributed by atoms with van der Waals surface area (Å²) in [7, 11) is 0. The van der Waals surface area contributed by atoms with E-state index in [1.807, 2.05) is 12.1 Å². The molecule has 2 rings (SSSR count). The number of unbranched alkanes of at least 4 members (excludes halogenated alkanes) is 1. The van der Waals surface area contributed by atoms with Crippen molar-refractivity contribution >= 4 is 35.6 Å². The van der Waals surface area contributed by atoms with Crippen LogP contribution in [0.15, 0.2) is 29.3 Å². The summed E-state index contributed by atoms with van der Waals surface area (Å²) in [6, 6.07) is 7.18. The fourth-order valence-electron chi connectivity index (χ4n) is 3.70. The van der Waals surface area contributed by atoms with Crippen molar-refractivity contribution in [3.05, 3.63) is 24.3 Å². The Morgan fingerprint density at radius 2 is 1.97 bits per heavy atom. The molecule has 0 bridgehead atoms. The minimum Gasteiger partial charge on any atom is -0.433 e. The highest BCUT2D eigenvalue weighted by Gasteiger charge is 2.26. The predicted octanol–water partition coefficient (Wildman–Crippen LogP) is 4.16. The summed E-state index contributed by atoms with van der Waals surface area (Å²) in [5, 5.41) is 6.81. The number of alkyl halides is 2. The maximum atomic E-state index is 12.7. The number of hydrogen-bond acceptors (Lipinski definition) is 4. The molecular formula is C22H38F2IN5O. The monoisotopic (exact) mass is 553 g/mol. The van der Waals surface area contributed by atoms with Gasteiger partial charge in [0, 0.05) is 32.2 Å². The fourth-order valence-corrected chi connectivity index (χ4v) is 3.70. The van der Waals surface area contributed by atoms with Gasteiger partial charge in [0.1, 0.15) is 5.75 Å². The van der Waals surface area contributed by atoms with E-state index in [-0.39, 0.29) is 35.8 Å². The zero-order valence-electron chi connectivity index (χ0n) is 18.9. The first-order valence-electron chi connectivity index (χ1n) is 11.1. The number of nitrogens with one attached hydrogen (secondary N) is 2. The van der Waals surface area contributed by atoms with Crippen LogP contribution in [0.2, 0.25) is 0 Å². The minimum absolute atomic E-state index is 0. The lowest BCUT2D eigenvalue weighted by Crippen LogP contribution is -2.44. The molecule has 1 saturated heterocycles. The van der Waals surface area contributed by atoms with Gasteiger partial charge >= 0.3 is 6.61 Å². The fraction of sp³-hybridized carbons (Fsp3) is 0.682. The number of halogens is 3. The molecule has 178 valence electrons. The quantitative estimate of drug-likeness (QED) is 0.176. The van der Waals surface area contributed by atoms with Crippen LogP contribution in [0.4, 0.5) is 14.5 Å². The second-order valence-electron chi connectivity index (χ2n) is 7.42. The standard InChI is InChI=1S/C22H37F2N5O.HI/c1-4-25-22(26-14-9-10-15-28(5-2)6-3)27-18-13-16-29(17-18)19-11-7-8-12-20(19)30-21(23)24;/h7-8,11-12,18,21H,4-6,9-10,13-17H2,1-3H3,(H2,25,26,27);1H. The number of hydrogen-bond donors (Lipinski definition) is 2. The van der Waals surface area contributed by atoms with Crippen LogP contribution in [0.1, 0.15) is 40.0 Å². The van der Waals surface area contributed by atoms with Crippen LogP contribution < -0.4 is 20.3 Å². The lowest BCUT2D eigenvalue weighted by molar-refractivity contribution is -0.0495. The largest absolute Gasteiger partial charge is 0.433 e. The van der Waals surface area contributed by atoms with Crippen molar-refractivity contribution in [3.63, 3.8) is 0 Å². The molecule has 0 aromatic heterocycles. The lowest BCUT2D eigenvalue weighted by atomic mass is 10.2. The molecule has 1 aromatic carbocycles. The second-order valence-corrected chi connectivity index (χ2v) is 7.42. The number of rotatable bonds is 12. The first-order chi connectivity index (χ1) is 14.6. The molecule has 0 radical (unpaired) electrons. The van der Waals surface area contributed by atoms with Crippen molar-refractivity contribution in [2.24, 2.45) is 4.99 Å². The van der Waals surface area contributed by atoms with E-state index in [1.54, 1.807) is 12.1 Å². The van der Waals surface area contributed by atoms with Crippen molar-refractivity contribution in [2.75, 3.05) is 50.7 Å². The van der Waals surface area contributed by atoms with Gasteiger partial charge in [-0.15, -0.1) is 24.0 Å². The van der Waals surface area contributed by atoms with Gasteiger partial charge in [-0.3, -0.25) is 4.99 Å². The molecule has 2 N–H and O–H groups in total. The third kappa shape index (κ3) is 9.76. The number of ether oxygens (including phenoxy) is 1. The Balaban J connectivity index is 0.00000480. The number of guanidine groups is 1. The number of aliphatic imine (C=N–C) groups is 1.